The standard InChI is InChI=1S/C22H27F3S/c23-22(24,25)17-11-4-2-1-3-5-12-18-26-21-16-10-9-15-20(21)19-13-7-6-8-14-19/h6-10,13-16H,1-5,11-12,17-18H2. The third kappa shape index (κ3) is 8.31. The number of halogens is 3. The molecule has 0 fully saturated rings. The van der Waals surface area contributed by atoms with E-state index in [0.717, 1.165) is 37.9 Å². The fourth-order valence-electron chi connectivity index (χ4n) is 2.94. The Kier molecular flexibility index (Phi) is 9.10. The number of benzene rings is 2. The third-order valence-electron chi connectivity index (χ3n) is 4.33. The van der Waals surface area contributed by atoms with Crippen LogP contribution in [0.5, 0.6) is 0 Å². The molecule has 2 aromatic rings. The average molecular weight is 381 g/mol. The summed E-state index contributed by atoms with van der Waals surface area (Å²) in [6.07, 6.45) is 1.72. The van der Waals surface area contributed by atoms with E-state index in [9.17, 15) is 13.2 Å². The van der Waals surface area contributed by atoms with Gasteiger partial charge < -0.3 is 0 Å². The van der Waals surface area contributed by atoms with Gasteiger partial charge in [-0.3, -0.25) is 0 Å². The molecule has 0 bridgehead atoms. The molecule has 142 valence electrons. The highest BCUT2D eigenvalue weighted by Crippen LogP contribution is 2.31. The summed E-state index contributed by atoms with van der Waals surface area (Å²) in [6.45, 7) is 0. The van der Waals surface area contributed by atoms with Gasteiger partial charge >= 0.3 is 6.18 Å². The highest BCUT2D eigenvalue weighted by atomic mass is 32.2. The zero-order valence-electron chi connectivity index (χ0n) is 15.1. The molecule has 0 spiro atoms. The van der Waals surface area contributed by atoms with Crippen molar-refractivity contribution in [2.45, 2.75) is 62.4 Å². The second-order valence-corrected chi connectivity index (χ2v) is 7.69. The van der Waals surface area contributed by atoms with Crippen molar-refractivity contribution in [2.75, 3.05) is 5.75 Å². The van der Waals surface area contributed by atoms with Crippen molar-refractivity contribution in [1.29, 1.82) is 0 Å². The van der Waals surface area contributed by atoms with Crippen LogP contribution in [0.3, 0.4) is 0 Å². The summed E-state index contributed by atoms with van der Waals surface area (Å²) >= 11 is 1.89. The predicted molar refractivity (Wildman–Crippen MR) is 106 cm³/mol. The van der Waals surface area contributed by atoms with Gasteiger partial charge in [0.15, 0.2) is 0 Å². The molecular weight excluding hydrogens is 353 g/mol. The number of alkyl halides is 3. The van der Waals surface area contributed by atoms with Crippen LogP contribution < -0.4 is 0 Å². The smallest absolute Gasteiger partial charge is 0.171 e. The molecular formula is C22H27F3S. The van der Waals surface area contributed by atoms with Crippen LogP contribution in [0.1, 0.15) is 51.4 Å². The minimum Gasteiger partial charge on any atom is -0.171 e. The molecule has 0 unspecified atom stereocenters. The maximum atomic E-state index is 12.0. The zero-order chi connectivity index (χ0) is 18.7. The van der Waals surface area contributed by atoms with E-state index in [1.165, 1.54) is 16.0 Å². The quantitative estimate of drug-likeness (QED) is 0.280. The minimum absolute atomic E-state index is 0.273. The van der Waals surface area contributed by atoms with E-state index in [1.807, 2.05) is 17.8 Å². The Balaban J connectivity index is 1.60. The summed E-state index contributed by atoms with van der Waals surface area (Å²) in [5.41, 5.74) is 2.53. The Hall–Kier alpha value is -1.42. The second kappa shape index (κ2) is 11.3. The van der Waals surface area contributed by atoms with Gasteiger partial charge in [0.25, 0.3) is 0 Å². The molecule has 0 aromatic heterocycles. The van der Waals surface area contributed by atoms with Crippen molar-refractivity contribution in [1.82, 2.24) is 0 Å². The van der Waals surface area contributed by atoms with Gasteiger partial charge in [0.2, 0.25) is 0 Å². The van der Waals surface area contributed by atoms with E-state index in [2.05, 4.69) is 48.5 Å². The first-order chi connectivity index (χ1) is 12.6. The summed E-state index contributed by atoms with van der Waals surface area (Å²) in [5, 5.41) is 0. The van der Waals surface area contributed by atoms with Crippen LogP contribution in [0.4, 0.5) is 13.2 Å². The molecule has 26 heavy (non-hydrogen) atoms. The van der Waals surface area contributed by atoms with E-state index < -0.39 is 12.6 Å². The van der Waals surface area contributed by atoms with Crippen molar-refractivity contribution in [3.63, 3.8) is 0 Å². The van der Waals surface area contributed by atoms with Gasteiger partial charge in [-0.25, -0.2) is 0 Å². The number of unbranched alkanes of at least 4 members (excludes halogenated alkanes) is 6. The van der Waals surface area contributed by atoms with Crippen molar-refractivity contribution in [3.8, 4) is 11.1 Å². The molecule has 4 heteroatoms. The summed E-state index contributed by atoms with van der Waals surface area (Å²) in [4.78, 5) is 1.31. The number of hydrogen-bond acceptors (Lipinski definition) is 1. The van der Waals surface area contributed by atoms with Crippen LogP contribution in [-0.2, 0) is 0 Å². The first kappa shape index (κ1) is 20.9. The molecule has 0 saturated carbocycles. The normalized spacial score (nSPS) is 11.7. The largest absolute Gasteiger partial charge is 0.389 e. The van der Waals surface area contributed by atoms with E-state index in [0.29, 0.717) is 6.42 Å². The lowest BCUT2D eigenvalue weighted by atomic mass is 10.1. The first-order valence-electron chi connectivity index (χ1n) is 9.40. The maximum Gasteiger partial charge on any atom is 0.389 e. The van der Waals surface area contributed by atoms with E-state index >= 15 is 0 Å². The van der Waals surface area contributed by atoms with Gasteiger partial charge in [-0.15, -0.1) is 11.8 Å². The van der Waals surface area contributed by atoms with Crippen molar-refractivity contribution < 1.29 is 13.2 Å². The number of rotatable bonds is 11. The van der Waals surface area contributed by atoms with Gasteiger partial charge in [0.1, 0.15) is 0 Å². The average Bonchev–Trinajstić information content (AvgIpc) is 2.63. The molecule has 0 aliphatic heterocycles. The SMILES string of the molecule is FC(F)(F)CCCCCCCCCSc1ccccc1-c1ccccc1. The summed E-state index contributed by atoms with van der Waals surface area (Å²) in [6, 6.07) is 18.9. The molecule has 0 aliphatic carbocycles. The van der Waals surface area contributed by atoms with Gasteiger partial charge in [0.05, 0.1) is 0 Å². The molecule has 0 saturated heterocycles. The molecule has 0 N–H and O–H groups in total. The molecule has 0 amide bonds. The Morgan fingerprint density at radius 2 is 1.23 bits per heavy atom. The van der Waals surface area contributed by atoms with E-state index in [-0.39, 0.29) is 6.42 Å². The van der Waals surface area contributed by atoms with Crippen molar-refractivity contribution in [2.24, 2.45) is 0 Å². The van der Waals surface area contributed by atoms with E-state index in [1.54, 1.807) is 0 Å². The lowest BCUT2D eigenvalue weighted by Gasteiger charge is -2.09. The Morgan fingerprint density at radius 1 is 0.654 bits per heavy atom. The summed E-state index contributed by atoms with van der Waals surface area (Å²) < 4.78 is 36.1. The van der Waals surface area contributed by atoms with Crippen molar-refractivity contribution >= 4 is 11.8 Å². The van der Waals surface area contributed by atoms with Gasteiger partial charge in [-0.1, -0.05) is 80.6 Å². The lowest BCUT2D eigenvalue weighted by molar-refractivity contribution is -0.135. The zero-order valence-corrected chi connectivity index (χ0v) is 15.9. The number of hydrogen-bond donors (Lipinski definition) is 0. The van der Waals surface area contributed by atoms with Crippen molar-refractivity contribution in [3.05, 3.63) is 54.6 Å². The lowest BCUT2D eigenvalue weighted by Crippen LogP contribution is -2.06. The summed E-state index contributed by atoms with van der Waals surface area (Å²) in [7, 11) is 0. The third-order valence-corrected chi connectivity index (χ3v) is 5.49. The Labute approximate surface area is 159 Å². The first-order valence-corrected chi connectivity index (χ1v) is 10.4. The maximum absolute atomic E-state index is 12.0. The van der Waals surface area contributed by atoms with Crippen LogP contribution in [0.15, 0.2) is 59.5 Å². The molecule has 0 nitrogen and oxygen atoms in total. The van der Waals surface area contributed by atoms with Crippen LogP contribution >= 0.6 is 11.8 Å². The van der Waals surface area contributed by atoms with Crippen LogP contribution in [-0.4, -0.2) is 11.9 Å². The topological polar surface area (TPSA) is 0 Å². The fraction of sp³-hybridized carbons (Fsp3) is 0.455. The number of thioether (sulfide) groups is 1. The molecule has 0 heterocycles. The fourth-order valence-corrected chi connectivity index (χ4v) is 4.03. The molecule has 0 radical (unpaired) electrons. The van der Waals surface area contributed by atoms with Gasteiger partial charge in [0, 0.05) is 11.3 Å². The predicted octanol–water partition coefficient (Wildman–Crippen LogP) is 8.13. The van der Waals surface area contributed by atoms with E-state index in [4.69, 9.17) is 0 Å². The molecule has 0 atom stereocenters. The summed E-state index contributed by atoms with van der Waals surface area (Å²) in [5.74, 6) is 1.08. The molecule has 2 aromatic carbocycles. The Morgan fingerprint density at radius 3 is 1.92 bits per heavy atom. The highest BCUT2D eigenvalue weighted by molar-refractivity contribution is 7.99. The second-order valence-electron chi connectivity index (χ2n) is 6.55. The monoisotopic (exact) mass is 380 g/mol. The highest BCUT2D eigenvalue weighted by Gasteiger charge is 2.25. The molecule has 2 rings (SSSR count). The van der Waals surface area contributed by atoms with Crippen LogP contribution in [0.2, 0.25) is 0 Å². The van der Waals surface area contributed by atoms with Gasteiger partial charge in [-0.05, 0) is 35.8 Å². The van der Waals surface area contributed by atoms with Gasteiger partial charge in [-0.2, -0.15) is 13.2 Å². The Bertz CT molecular complexity index is 623. The van der Waals surface area contributed by atoms with Crippen LogP contribution in [0.25, 0.3) is 11.1 Å². The minimum atomic E-state index is -3.99. The van der Waals surface area contributed by atoms with Crippen LogP contribution in [0, 0.1) is 0 Å². The molecule has 0 aliphatic rings.